The minimum atomic E-state index is -4.41. The summed E-state index contributed by atoms with van der Waals surface area (Å²) in [5, 5.41) is 0.706. The Bertz CT molecular complexity index is 564. The minimum Gasteiger partial charge on any atom is -0.166 e. The Morgan fingerprint density at radius 3 is 2.06 bits per heavy atom. The van der Waals surface area contributed by atoms with Crippen molar-refractivity contribution in [3.63, 3.8) is 0 Å². The zero-order valence-electron chi connectivity index (χ0n) is 9.19. The van der Waals surface area contributed by atoms with Gasteiger partial charge in [0.25, 0.3) is 0 Å². The highest BCUT2D eigenvalue weighted by atomic mass is 31.1. The lowest BCUT2D eigenvalue weighted by Crippen LogP contribution is -2.11. The molecule has 0 aliphatic carbocycles. The summed E-state index contributed by atoms with van der Waals surface area (Å²) >= 11 is 0. The average Bonchev–Trinajstić information content (AvgIpc) is 2.38. The van der Waals surface area contributed by atoms with Gasteiger partial charge in [0, 0.05) is 6.07 Å². The van der Waals surface area contributed by atoms with E-state index >= 15 is 0 Å². The molecule has 0 amide bonds. The molecule has 1 atom stereocenters. The maximum absolute atomic E-state index is 12.5. The summed E-state index contributed by atoms with van der Waals surface area (Å²) in [5.41, 5.74) is -0.778. The van der Waals surface area contributed by atoms with E-state index in [2.05, 4.69) is 0 Å². The largest absolute Gasteiger partial charge is 0.416 e. The molecule has 0 radical (unpaired) electrons. The molecule has 92 valence electrons. The number of benzene rings is 2. The average molecular weight is 269 g/mol. The smallest absolute Gasteiger partial charge is 0.166 e. The zero-order chi connectivity index (χ0) is 13.2. The number of hydrogen-bond donors (Lipinski definition) is 0. The number of rotatable bonds is 2. The van der Waals surface area contributed by atoms with Crippen LogP contribution in [-0.2, 0) is 10.7 Å². The van der Waals surface area contributed by atoms with Gasteiger partial charge in [0.1, 0.15) is 0 Å². The first kappa shape index (κ1) is 12.8. The summed E-state index contributed by atoms with van der Waals surface area (Å²) in [4.78, 5) is 0. The van der Waals surface area contributed by atoms with Gasteiger partial charge in [0.2, 0.25) is 0 Å². The van der Waals surface area contributed by atoms with Gasteiger partial charge in [-0.05, 0) is 24.3 Å². The van der Waals surface area contributed by atoms with Crippen LogP contribution in [0, 0.1) is 0 Å². The molecule has 1 nitrogen and oxygen atoms in total. The van der Waals surface area contributed by atoms with Crippen molar-refractivity contribution in [1.29, 1.82) is 0 Å². The number of alkyl halides is 3. The number of hydrogen-bond acceptors (Lipinski definition) is 1. The molecule has 0 spiro atoms. The molecule has 0 bridgehead atoms. The van der Waals surface area contributed by atoms with Gasteiger partial charge in [-0.1, -0.05) is 28.8 Å². The summed E-state index contributed by atoms with van der Waals surface area (Å²) in [6, 6.07) is 13.1. The minimum absolute atomic E-state index is 0.186. The van der Waals surface area contributed by atoms with Crippen LogP contribution in [-0.4, -0.2) is 0 Å². The van der Waals surface area contributed by atoms with Gasteiger partial charge in [-0.3, -0.25) is 0 Å². The van der Waals surface area contributed by atoms with Crippen LogP contribution in [0.15, 0.2) is 54.6 Å². The highest BCUT2D eigenvalue weighted by molar-refractivity contribution is 7.61. The van der Waals surface area contributed by atoms with E-state index < -0.39 is 19.5 Å². The molecule has 0 saturated carbocycles. The lowest BCUT2D eigenvalue weighted by molar-refractivity contribution is -0.137. The van der Waals surface area contributed by atoms with Crippen LogP contribution in [0.4, 0.5) is 13.2 Å². The fourth-order valence-corrected chi connectivity index (χ4v) is 2.74. The molecule has 0 aliphatic heterocycles. The van der Waals surface area contributed by atoms with E-state index in [1.165, 1.54) is 12.1 Å². The van der Waals surface area contributed by atoms with Gasteiger partial charge >= 0.3 is 14.0 Å². The van der Waals surface area contributed by atoms with E-state index in [1.807, 2.05) is 0 Å². The molecule has 1 unspecified atom stereocenters. The third-order valence-electron chi connectivity index (χ3n) is 2.40. The van der Waals surface area contributed by atoms with Crippen molar-refractivity contribution in [2.45, 2.75) is 6.18 Å². The summed E-state index contributed by atoms with van der Waals surface area (Å²) in [7, 11) is -1.98. The molecule has 2 aromatic rings. The predicted octanol–water partition coefficient (Wildman–Crippen LogP) is 3.48. The van der Waals surface area contributed by atoms with Crippen molar-refractivity contribution < 1.29 is 17.7 Å². The van der Waals surface area contributed by atoms with Crippen molar-refractivity contribution >= 4 is 18.4 Å². The van der Waals surface area contributed by atoms with Gasteiger partial charge in [-0.15, -0.1) is 0 Å². The van der Waals surface area contributed by atoms with Gasteiger partial charge in [-0.25, -0.2) is 0 Å². The Morgan fingerprint density at radius 2 is 1.44 bits per heavy atom. The molecule has 0 saturated heterocycles. The first-order valence-corrected chi connectivity index (χ1v) is 6.44. The van der Waals surface area contributed by atoms with Crippen LogP contribution in [0.2, 0.25) is 0 Å². The van der Waals surface area contributed by atoms with Crippen LogP contribution in [0.1, 0.15) is 5.56 Å². The van der Waals surface area contributed by atoms with Crippen LogP contribution in [0.3, 0.4) is 0 Å². The number of halogens is 3. The second-order valence-electron chi connectivity index (χ2n) is 3.68. The summed E-state index contributed by atoms with van der Waals surface area (Å²) in [5.74, 6) is 0. The third-order valence-corrected chi connectivity index (χ3v) is 3.91. The first-order valence-electron chi connectivity index (χ1n) is 5.18. The Balaban J connectivity index is 2.38. The highest BCUT2D eigenvalue weighted by Crippen LogP contribution is 2.30. The first-order chi connectivity index (χ1) is 8.48. The Hall–Kier alpha value is -1.67. The maximum atomic E-state index is 12.5. The van der Waals surface area contributed by atoms with E-state index in [-0.39, 0.29) is 5.30 Å². The van der Waals surface area contributed by atoms with Crippen LogP contribution < -0.4 is 10.6 Å². The third kappa shape index (κ3) is 2.77. The van der Waals surface area contributed by atoms with E-state index in [0.29, 0.717) is 5.30 Å². The predicted molar refractivity (Wildman–Crippen MR) is 64.8 cm³/mol. The SMILES string of the molecule is O=[P+](c1ccccc1)c1cccc(C(F)(F)F)c1. The van der Waals surface area contributed by atoms with Crippen LogP contribution in [0.5, 0.6) is 0 Å². The monoisotopic (exact) mass is 269 g/mol. The quantitative estimate of drug-likeness (QED) is 0.763. The lowest BCUT2D eigenvalue weighted by atomic mass is 10.2. The van der Waals surface area contributed by atoms with Crippen molar-refractivity contribution in [2.75, 3.05) is 0 Å². The van der Waals surface area contributed by atoms with E-state index in [4.69, 9.17) is 0 Å². The molecule has 2 aromatic carbocycles. The van der Waals surface area contributed by atoms with Gasteiger partial charge < -0.3 is 0 Å². The van der Waals surface area contributed by atoms with Crippen molar-refractivity contribution in [3.05, 3.63) is 60.2 Å². The molecule has 0 heterocycles. The Morgan fingerprint density at radius 1 is 0.833 bits per heavy atom. The molecule has 5 heteroatoms. The van der Waals surface area contributed by atoms with Gasteiger partial charge in [0.05, 0.1) is 5.56 Å². The normalized spacial score (nSPS) is 12.3. The second kappa shape index (κ2) is 4.91. The standard InChI is InChI=1S/C13H9F3OP/c14-13(15,16)10-5-4-8-12(9-10)18(17)11-6-2-1-3-7-11/h1-9H/q+1. The molecule has 0 aliphatic rings. The van der Waals surface area contributed by atoms with Crippen molar-refractivity contribution in [1.82, 2.24) is 0 Å². The van der Waals surface area contributed by atoms with Crippen LogP contribution >= 0.6 is 7.80 Å². The molecule has 0 aromatic heterocycles. The topological polar surface area (TPSA) is 17.1 Å². The molecule has 0 fully saturated rings. The van der Waals surface area contributed by atoms with Crippen LogP contribution in [0.25, 0.3) is 0 Å². The van der Waals surface area contributed by atoms with Crippen molar-refractivity contribution in [3.8, 4) is 0 Å². The Labute approximate surface area is 103 Å². The summed E-state index contributed by atoms with van der Waals surface area (Å²) in [6.45, 7) is 0. The Kier molecular flexibility index (Phi) is 3.48. The molecular weight excluding hydrogens is 260 g/mol. The summed E-state index contributed by atoms with van der Waals surface area (Å²) < 4.78 is 49.7. The van der Waals surface area contributed by atoms with E-state index in [1.54, 1.807) is 30.3 Å². The zero-order valence-corrected chi connectivity index (χ0v) is 10.1. The second-order valence-corrected chi connectivity index (χ2v) is 5.30. The van der Waals surface area contributed by atoms with E-state index in [0.717, 1.165) is 12.1 Å². The maximum Gasteiger partial charge on any atom is 0.416 e. The highest BCUT2D eigenvalue weighted by Gasteiger charge is 2.33. The molecular formula is C13H9F3OP+. The van der Waals surface area contributed by atoms with E-state index in [9.17, 15) is 17.7 Å². The lowest BCUT2D eigenvalue weighted by Gasteiger charge is -2.04. The van der Waals surface area contributed by atoms with Crippen molar-refractivity contribution in [2.24, 2.45) is 0 Å². The fraction of sp³-hybridized carbons (Fsp3) is 0.0769. The molecule has 0 N–H and O–H groups in total. The molecule has 2 rings (SSSR count). The van der Waals surface area contributed by atoms with Gasteiger partial charge in [-0.2, -0.15) is 13.2 Å². The summed E-state index contributed by atoms with van der Waals surface area (Å²) in [6.07, 6.45) is -4.41. The molecule has 18 heavy (non-hydrogen) atoms. The van der Waals surface area contributed by atoms with Gasteiger partial charge in [0.15, 0.2) is 10.6 Å². The fourth-order valence-electron chi connectivity index (χ4n) is 1.52.